The third-order valence-corrected chi connectivity index (χ3v) is 3.10. The quantitative estimate of drug-likeness (QED) is 0.471. The van der Waals surface area contributed by atoms with E-state index in [1.165, 1.54) is 25.7 Å². The second kappa shape index (κ2) is 8.82. The summed E-state index contributed by atoms with van der Waals surface area (Å²) in [5, 5.41) is 8.65. The fraction of sp³-hybridized carbons (Fsp3) is 1.00. The molecule has 0 aliphatic heterocycles. The SMILES string of the molecule is CCCCCCCC(Cl)(Cl)CCCO. The average molecular weight is 241 g/mol. The molecule has 0 saturated carbocycles. The molecule has 0 saturated heterocycles. The summed E-state index contributed by atoms with van der Waals surface area (Å²) in [6, 6.07) is 0. The molecular formula is C11H22Cl2O. The Morgan fingerprint density at radius 2 is 1.50 bits per heavy atom. The van der Waals surface area contributed by atoms with E-state index in [9.17, 15) is 0 Å². The van der Waals surface area contributed by atoms with E-state index in [2.05, 4.69) is 6.92 Å². The first-order valence-corrected chi connectivity index (χ1v) is 6.36. The van der Waals surface area contributed by atoms with Crippen molar-refractivity contribution in [3.8, 4) is 0 Å². The van der Waals surface area contributed by atoms with Gasteiger partial charge >= 0.3 is 0 Å². The van der Waals surface area contributed by atoms with Crippen molar-refractivity contribution in [1.82, 2.24) is 0 Å². The average Bonchev–Trinajstić information content (AvgIpc) is 2.15. The standard InChI is InChI=1S/C11H22Cl2O/c1-2-3-4-5-6-8-11(12,13)9-7-10-14/h14H,2-10H2,1H3. The van der Waals surface area contributed by atoms with Gasteiger partial charge in [0.05, 0.1) is 0 Å². The van der Waals surface area contributed by atoms with Crippen LogP contribution in [0.25, 0.3) is 0 Å². The van der Waals surface area contributed by atoms with Gasteiger partial charge in [0.15, 0.2) is 0 Å². The molecule has 0 aliphatic carbocycles. The Balaban J connectivity index is 3.35. The minimum Gasteiger partial charge on any atom is -0.396 e. The number of unbranched alkanes of at least 4 members (excludes halogenated alkanes) is 4. The van der Waals surface area contributed by atoms with Crippen molar-refractivity contribution >= 4 is 23.2 Å². The molecule has 3 heteroatoms. The summed E-state index contributed by atoms with van der Waals surface area (Å²) in [4.78, 5) is 0. The highest BCUT2D eigenvalue weighted by Gasteiger charge is 2.22. The second-order valence-corrected chi connectivity index (χ2v) is 5.49. The van der Waals surface area contributed by atoms with Gasteiger partial charge in [0.1, 0.15) is 4.33 Å². The van der Waals surface area contributed by atoms with Gasteiger partial charge in [-0.05, 0) is 19.3 Å². The van der Waals surface area contributed by atoms with Crippen molar-refractivity contribution in [2.24, 2.45) is 0 Å². The first-order valence-electron chi connectivity index (χ1n) is 5.61. The Morgan fingerprint density at radius 3 is 2.07 bits per heavy atom. The normalized spacial score (nSPS) is 12.0. The van der Waals surface area contributed by atoms with Crippen LogP contribution in [-0.2, 0) is 0 Å². The van der Waals surface area contributed by atoms with Crippen LogP contribution in [0.1, 0.15) is 58.3 Å². The highest BCUT2D eigenvalue weighted by molar-refractivity contribution is 6.48. The Morgan fingerprint density at radius 1 is 0.929 bits per heavy atom. The van der Waals surface area contributed by atoms with Gasteiger partial charge in [-0.15, -0.1) is 23.2 Å². The van der Waals surface area contributed by atoms with Gasteiger partial charge < -0.3 is 5.11 Å². The highest BCUT2D eigenvalue weighted by Crippen LogP contribution is 2.32. The van der Waals surface area contributed by atoms with E-state index < -0.39 is 4.33 Å². The summed E-state index contributed by atoms with van der Waals surface area (Å²) in [6.45, 7) is 2.38. The number of hydrogen-bond donors (Lipinski definition) is 1. The lowest BCUT2D eigenvalue weighted by Crippen LogP contribution is -2.13. The molecule has 0 fully saturated rings. The minimum atomic E-state index is -0.616. The molecule has 14 heavy (non-hydrogen) atoms. The summed E-state index contributed by atoms with van der Waals surface area (Å²) in [6.07, 6.45) is 8.39. The molecule has 1 nitrogen and oxygen atoms in total. The van der Waals surface area contributed by atoms with Gasteiger partial charge in [-0.2, -0.15) is 0 Å². The van der Waals surface area contributed by atoms with Crippen LogP contribution in [0.5, 0.6) is 0 Å². The van der Waals surface area contributed by atoms with E-state index in [0.29, 0.717) is 12.8 Å². The highest BCUT2D eigenvalue weighted by atomic mass is 35.5. The lowest BCUT2D eigenvalue weighted by atomic mass is 10.1. The number of rotatable bonds is 9. The lowest BCUT2D eigenvalue weighted by molar-refractivity contribution is 0.280. The van der Waals surface area contributed by atoms with Crippen molar-refractivity contribution in [2.45, 2.75) is 62.6 Å². The summed E-state index contributed by atoms with van der Waals surface area (Å²) >= 11 is 12.2. The zero-order valence-corrected chi connectivity index (χ0v) is 10.6. The summed E-state index contributed by atoms with van der Waals surface area (Å²) in [5.74, 6) is 0. The number of aliphatic hydroxyl groups excluding tert-OH is 1. The Kier molecular flexibility index (Phi) is 9.16. The van der Waals surface area contributed by atoms with E-state index in [0.717, 1.165) is 12.8 Å². The summed E-state index contributed by atoms with van der Waals surface area (Å²) < 4.78 is -0.616. The van der Waals surface area contributed by atoms with Crippen LogP contribution in [0.3, 0.4) is 0 Å². The first-order chi connectivity index (χ1) is 6.62. The van der Waals surface area contributed by atoms with Gasteiger partial charge in [0, 0.05) is 6.61 Å². The van der Waals surface area contributed by atoms with Gasteiger partial charge in [-0.1, -0.05) is 39.0 Å². The van der Waals surface area contributed by atoms with Crippen LogP contribution in [0.4, 0.5) is 0 Å². The first kappa shape index (κ1) is 14.5. The van der Waals surface area contributed by atoms with Crippen molar-refractivity contribution in [1.29, 1.82) is 0 Å². The topological polar surface area (TPSA) is 20.2 Å². The van der Waals surface area contributed by atoms with Crippen molar-refractivity contribution in [3.05, 3.63) is 0 Å². The van der Waals surface area contributed by atoms with Crippen LogP contribution in [0.15, 0.2) is 0 Å². The van der Waals surface area contributed by atoms with E-state index in [4.69, 9.17) is 28.3 Å². The molecule has 0 heterocycles. The number of alkyl halides is 2. The molecule has 0 aromatic rings. The monoisotopic (exact) mass is 240 g/mol. The molecule has 0 radical (unpaired) electrons. The molecule has 86 valence electrons. The van der Waals surface area contributed by atoms with Crippen molar-refractivity contribution in [2.75, 3.05) is 6.61 Å². The van der Waals surface area contributed by atoms with Crippen LogP contribution in [0.2, 0.25) is 0 Å². The molecule has 0 spiro atoms. The molecule has 0 amide bonds. The van der Waals surface area contributed by atoms with Crippen LogP contribution < -0.4 is 0 Å². The molecule has 0 aliphatic rings. The fourth-order valence-corrected chi connectivity index (χ4v) is 1.98. The van der Waals surface area contributed by atoms with E-state index in [-0.39, 0.29) is 6.61 Å². The molecule has 0 bridgehead atoms. The Hall–Kier alpha value is 0.540. The molecule has 0 unspecified atom stereocenters. The van der Waals surface area contributed by atoms with Gasteiger partial charge in [0.2, 0.25) is 0 Å². The van der Waals surface area contributed by atoms with E-state index in [1.807, 2.05) is 0 Å². The Bertz CT molecular complexity index is 126. The second-order valence-electron chi connectivity index (χ2n) is 3.85. The van der Waals surface area contributed by atoms with Crippen LogP contribution >= 0.6 is 23.2 Å². The molecule has 0 atom stereocenters. The zero-order chi connectivity index (χ0) is 10.9. The maximum absolute atomic E-state index is 8.65. The molecular weight excluding hydrogens is 219 g/mol. The van der Waals surface area contributed by atoms with E-state index in [1.54, 1.807) is 0 Å². The number of aliphatic hydroxyl groups is 1. The summed E-state index contributed by atoms with van der Waals surface area (Å²) in [5.41, 5.74) is 0. The predicted molar refractivity (Wildman–Crippen MR) is 64.1 cm³/mol. The molecule has 0 rings (SSSR count). The maximum atomic E-state index is 8.65. The van der Waals surface area contributed by atoms with Crippen molar-refractivity contribution in [3.63, 3.8) is 0 Å². The molecule has 0 aromatic heterocycles. The van der Waals surface area contributed by atoms with Gasteiger partial charge in [-0.3, -0.25) is 0 Å². The van der Waals surface area contributed by atoms with Crippen LogP contribution in [0, 0.1) is 0 Å². The third kappa shape index (κ3) is 9.11. The third-order valence-electron chi connectivity index (χ3n) is 2.35. The van der Waals surface area contributed by atoms with Crippen LogP contribution in [-0.4, -0.2) is 16.0 Å². The van der Waals surface area contributed by atoms with Gasteiger partial charge in [-0.25, -0.2) is 0 Å². The predicted octanol–water partition coefficient (Wildman–Crippen LogP) is 4.29. The lowest BCUT2D eigenvalue weighted by Gasteiger charge is -2.18. The van der Waals surface area contributed by atoms with Gasteiger partial charge in [0.25, 0.3) is 0 Å². The van der Waals surface area contributed by atoms with E-state index >= 15 is 0 Å². The minimum absolute atomic E-state index is 0.178. The number of hydrogen-bond acceptors (Lipinski definition) is 1. The Labute approximate surface area is 97.8 Å². The molecule has 0 aromatic carbocycles. The maximum Gasteiger partial charge on any atom is 0.118 e. The summed E-state index contributed by atoms with van der Waals surface area (Å²) in [7, 11) is 0. The van der Waals surface area contributed by atoms with Crippen molar-refractivity contribution < 1.29 is 5.11 Å². The fourth-order valence-electron chi connectivity index (χ4n) is 1.45. The molecule has 1 N–H and O–H groups in total. The smallest absolute Gasteiger partial charge is 0.118 e. The largest absolute Gasteiger partial charge is 0.396 e. The zero-order valence-electron chi connectivity index (χ0n) is 9.07. The number of halogens is 2.